The number of carbonyl (C=O) groups is 1. The number of aryl methyl sites for hydroxylation is 1. The minimum Gasteiger partial charge on any atom is -0.491 e. The Kier molecular flexibility index (Phi) is 6.50. The molecule has 1 aliphatic carbocycles. The molecule has 0 fully saturated rings. The Morgan fingerprint density at radius 3 is 2.89 bits per heavy atom. The largest absolute Gasteiger partial charge is 0.491 e. The molecule has 2 aromatic rings. The first-order valence-electron chi connectivity index (χ1n) is 9.45. The maximum absolute atomic E-state index is 12.6. The third-order valence-corrected chi connectivity index (χ3v) is 6.26. The molecule has 0 saturated heterocycles. The molecule has 27 heavy (non-hydrogen) atoms. The van der Waals surface area contributed by atoms with Crippen LogP contribution in [-0.2, 0) is 22.4 Å². The number of nitrogens with one attached hydrogen (secondary N) is 1. The van der Waals surface area contributed by atoms with Crippen LogP contribution in [0.5, 0.6) is 5.75 Å². The van der Waals surface area contributed by atoms with Gasteiger partial charge in [0.15, 0.2) is 5.13 Å². The number of anilines is 1. The van der Waals surface area contributed by atoms with Gasteiger partial charge in [0.1, 0.15) is 12.4 Å². The van der Waals surface area contributed by atoms with E-state index in [9.17, 15) is 4.79 Å². The highest BCUT2D eigenvalue weighted by molar-refractivity contribution is 7.13. The van der Waals surface area contributed by atoms with Gasteiger partial charge in [-0.25, -0.2) is 4.98 Å². The van der Waals surface area contributed by atoms with E-state index >= 15 is 0 Å². The molecular weight excluding hydrogens is 360 g/mol. The maximum atomic E-state index is 12.6. The maximum Gasteiger partial charge on any atom is 0.229 e. The summed E-state index contributed by atoms with van der Waals surface area (Å²) in [5.41, 5.74) is 5.26. The van der Waals surface area contributed by atoms with Gasteiger partial charge >= 0.3 is 0 Å². The number of hydrogen-bond donors (Lipinski definition) is 1. The van der Waals surface area contributed by atoms with Crippen molar-refractivity contribution in [2.24, 2.45) is 11.8 Å². The first-order valence-corrected chi connectivity index (χ1v) is 10.3. The number of methoxy groups -OCH3 is 1. The quantitative estimate of drug-likeness (QED) is 0.724. The Hall–Kier alpha value is -1.92. The summed E-state index contributed by atoms with van der Waals surface area (Å²) in [7, 11) is 1.68. The second-order valence-electron chi connectivity index (χ2n) is 7.23. The second-order valence-corrected chi connectivity index (χ2v) is 8.13. The number of fused-ring (bicyclic) bond motifs is 1. The molecule has 1 aromatic heterocycles. The van der Waals surface area contributed by atoms with Gasteiger partial charge in [0, 0.05) is 24.6 Å². The number of ether oxygens (including phenoxy) is 2. The fourth-order valence-corrected chi connectivity index (χ4v) is 4.39. The average molecular weight is 389 g/mol. The topological polar surface area (TPSA) is 60.5 Å². The number of rotatable bonds is 7. The van der Waals surface area contributed by atoms with Crippen molar-refractivity contribution in [1.29, 1.82) is 0 Å². The summed E-state index contributed by atoms with van der Waals surface area (Å²) in [6, 6.07) is 2.14. The Balaban J connectivity index is 1.74. The monoisotopic (exact) mass is 388 g/mol. The molecule has 1 aliphatic rings. The summed E-state index contributed by atoms with van der Waals surface area (Å²) in [4.78, 5) is 16.8. The van der Waals surface area contributed by atoms with Gasteiger partial charge in [0.05, 0.1) is 6.61 Å². The molecule has 1 heterocycles. The molecule has 0 saturated carbocycles. The second kappa shape index (κ2) is 8.85. The summed E-state index contributed by atoms with van der Waals surface area (Å²) in [6.45, 7) is 7.43. The first kappa shape index (κ1) is 19.8. The van der Waals surface area contributed by atoms with Crippen molar-refractivity contribution < 1.29 is 14.3 Å². The Labute approximate surface area is 165 Å². The zero-order valence-electron chi connectivity index (χ0n) is 16.5. The average Bonchev–Trinajstić information content (AvgIpc) is 3.17. The van der Waals surface area contributed by atoms with E-state index in [4.69, 9.17) is 9.47 Å². The van der Waals surface area contributed by atoms with E-state index in [0.29, 0.717) is 24.3 Å². The van der Waals surface area contributed by atoms with Crippen LogP contribution < -0.4 is 10.1 Å². The fraction of sp³-hybridized carbons (Fsp3) is 0.524. The standard InChI is InChI=1S/C21H28N2O3S/c1-13-11-19(26-9-8-25-4)15(3)18-12-16(5-6-17(13)18)14(2)20(24)23-21-22-7-10-27-21/h7,10-11,14,16H,5-6,8-9,12H2,1-4H3,(H,22,23,24)/t14-,16+/m0/s1. The van der Waals surface area contributed by atoms with Crippen LogP contribution >= 0.6 is 11.3 Å². The van der Waals surface area contributed by atoms with Crippen molar-refractivity contribution in [2.75, 3.05) is 25.6 Å². The molecule has 6 heteroatoms. The number of amides is 1. The van der Waals surface area contributed by atoms with Crippen LogP contribution in [0.1, 0.15) is 35.6 Å². The molecule has 1 aromatic carbocycles. The molecule has 0 bridgehead atoms. The van der Waals surface area contributed by atoms with Crippen LogP contribution in [-0.4, -0.2) is 31.2 Å². The molecule has 0 spiro atoms. The highest BCUT2D eigenvalue weighted by atomic mass is 32.1. The molecule has 5 nitrogen and oxygen atoms in total. The van der Waals surface area contributed by atoms with Crippen LogP contribution in [0.3, 0.4) is 0 Å². The van der Waals surface area contributed by atoms with E-state index in [1.165, 1.54) is 33.6 Å². The molecule has 146 valence electrons. The lowest BCUT2D eigenvalue weighted by Gasteiger charge is -2.31. The van der Waals surface area contributed by atoms with Crippen molar-refractivity contribution in [2.45, 2.75) is 40.0 Å². The van der Waals surface area contributed by atoms with E-state index < -0.39 is 0 Å². The molecule has 1 N–H and O–H groups in total. The number of hydrogen-bond acceptors (Lipinski definition) is 5. The van der Waals surface area contributed by atoms with E-state index in [-0.39, 0.29) is 11.8 Å². The van der Waals surface area contributed by atoms with Gasteiger partial charge in [0.25, 0.3) is 0 Å². The predicted molar refractivity (Wildman–Crippen MR) is 109 cm³/mol. The fourth-order valence-electron chi connectivity index (χ4n) is 3.85. The van der Waals surface area contributed by atoms with Gasteiger partial charge in [-0.1, -0.05) is 6.92 Å². The zero-order chi connectivity index (χ0) is 19.4. The minimum atomic E-state index is -0.0557. The van der Waals surface area contributed by atoms with Crippen molar-refractivity contribution in [1.82, 2.24) is 4.98 Å². The Bertz CT molecular complexity index is 789. The summed E-state index contributed by atoms with van der Waals surface area (Å²) in [6.07, 6.45) is 4.67. The highest BCUT2D eigenvalue weighted by Crippen LogP contribution is 2.38. The van der Waals surface area contributed by atoms with Gasteiger partial charge in [-0.3, -0.25) is 4.79 Å². The van der Waals surface area contributed by atoms with Gasteiger partial charge in [0.2, 0.25) is 5.91 Å². The van der Waals surface area contributed by atoms with Gasteiger partial charge in [-0.05, 0) is 67.3 Å². The van der Waals surface area contributed by atoms with E-state index in [2.05, 4.69) is 30.2 Å². The van der Waals surface area contributed by atoms with Crippen LogP contribution in [0.4, 0.5) is 5.13 Å². The van der Waals surface area contributed by atoms with Crippen molar-refractivity contribution >= 4 is 22.4 Å². The van der Waals surface area contributed by atoms with Crippen LogP contribution in [0.2, 0.25) is 0 Å². The molecule has 2 atom stereocenters. The molecule has 0 aliphatic heterocycles. The van der Waals surface area contributed by atoms with Crippen LogP contribution in [0.25, 0.3) is 0 Å². The van der Waals surface area contributed by atoms with Crippen LogP contribution in [0.15, 0.2) is 17.6 Å². The Morgan fingerprint density at radius 2 is 2.19 bits per heavy atom. The molecular formula is C21H28N2O3S. The lowest BCUT2D eigenvalue weighted by Crippen LogP contribution is -2.31. The summed E-state index contributed by atoms with van der Waals surface area (Å²) in [5, 5.41) is 5.48. The molecule has 0 radical (unpaired) electrons. The number of benzene rings is 1. The van der Waals surface area contributed by atoms with Gasteiger partial charge in [-0.2, -0.15) is 0 Å². The first-order chi connectivity index (χ1) is 13.0. The zero-order valence-corrected chi connectivity index (χ0v) is 17.3. The van der Waals surface area contributed by atoms with Gasteiger partial charge < -0.3 is 14.8 Å². The smallest absolute Gasteiger partial charge is 0.229 e. The predicted octanol–water partition coefficient (Wildman–Crippen LogP) is 4.16. The minimum absolute atomic E-state index is 0.0557. The number of aromatic nitrogens is 1. The molecule has 3 rings (SSSR count). The van der Waals surface area contributed by atoms with Crippen molar-refractivity contribution in [3.8, 4) is 5.75 Å². The third-order valence-electron chi connectivity index (χ3n) is 5.57. The lowest BCUT2D eigenvalue weighted by atomic mass is 9.75. The third kappa shape index (κ3) is 4.50. The Morgan fingerprint density at radius 1 is 1.37 bits per heavy atom. The number of thiazole rings is 1. The summed E-state index contributed by atoms with van der Waals surface area (Å²) < 4.78 is 11.0. The van der Waals surface area contributed by atoms with E-state index in [1.807, 2.05) is 12.3 Å². The van der Waals surface area contributed by atoms with E-state index in [0.717, 1.165) is 25.0 Å². The molecule has 1 amide bonds. The summed E-state index contributed by atoms with van der Waals surface area (Å²) >= 11 is 1.45. The van der Waals surface area contributed by atoms with Gasteiger partial charge in [-0.15, -0.1) is 11.3 Å². The van der Waals surface area contributed by atoms with Crippen molar-refractivity contribution in [3.05, 3.63) is 39.9 Å². The number of nitrogens with zero attached hydrogens (tertiary/aromatic N) is 1. The summed E-state index contributed by atoms with van der Waals surface area (Å²) in [5.74, 6) is 1.26. The van der Waals surface area contributed by atoms with Crippen molar-refractivity contribution in [3.63, 3.8) is 0 Å². The normalized spacial score (nSPS) is 17.3. The van der Waals surface area contributed by atoms with E-state index in [1.54, 1.807) is 13.3 Å². The highest BCUT2D eigenvalue weighted by Gasteiger charge is 2.30. The number of carbonyl (C=O) groups excluding carboxylic acids is 1. The SMILES string of the molecule is COCCOc1cc(C)c2c(c1C)C[C@H]([C@H](C)C(=O)Nc1nccs1)CC2. The van der Waals surface area contributed by atoms with Crippen LogP contribution in [0, 0.1) is 25.7 Å². The lowest BCUT2D eigenvalue weighted by molar-refractivity contribution is -0.121. The molecule has 0 unspecified atom stereocenters.